The van der Waals surface area contributed by atoms with Crippen molar-refractivity contribution in [3.05, 3.63) is 96.3 Å². The van der Waals surface area contributed by atoms with Crippen LogP contribution in [0.15, 0.2) is 77.5 Å². The van der Waals surface area contributed by atoms with Crippen molar-refractivity contribution < 1.29 is 22.8 Å². The van der Waals surface area contributed by atoms with Gasteiger partial charge in [0.2, 0.25) is 5.91 Å². The van der Waals surface area contributed by atoms with Crippen LogP contribution in [-0.2, 0) is 11.2 Å². The van der Waals surface area contributed by atoms with E-state index in [4.69, 9.17) is 4.42 Å². The Morgan fingerprint density at radius 2 is 1.73 bits per heavy atom. The molecule has 0 saturated heterocycles. The second-order valence-electron chi connectivity index (χ2n) is 7.01. The van der Waals surface area contributed by atoms with Crippen LogP contribution in [0.4, 0.5) is 20.2 Å². The molecule has 166 valence electrons. The van der Waals surface area contributed by atoms with E-state index in [0.717, 1.165) is 6.07 Å². The second-order valence-corrected chi connectivity index (χ2v) is 7.01. The van der Waals surface area contributed by atoms with E-state index >= 15 is 0 Å². The molecule has 0 bridgehead atoms. The number of rotatable bonds is 7. The summed E-state index contributed by atoms with van der Waals surface area (Å²) in [4.78, 5) is 32.9. The lowest BCUT2D eigenvalue weighted by molar-refractivity contribution is -0.116. The molecule has 0 spiro atoms. The molecule has 0 fully saturated rings. The molecule has 0 aliphatic rings. The van der Waals surface area contributed by atoms with Gasteiger partial charge in [0.05, 0.1) is 23.1 Å². The molecule has 4 rings (SSSR count). The third-order valence-electron chi connectivity index (χ3n) is 4.66. The number of carbonyl (C=O) groups excluding carboxylic acids is 2. The van der Waals surface area contributed by atoms with Gasteiger partial charge in [-0.25, -0.2) is 13.8 Å². The first-order valence-corrected chi connectivity index (χ1v) is 10.0. The quantitative estimate of drug-likeness (QED) is 0.422. The molecule has 0 saturated carbocycles. The number of pyridine rings is 1. The predicted octanol–water partition coefficient (Wildman–Crippen LogP) is 4.84. The van der Waals surface area contributed by atoms with Crippen LogP contribution < -0.4 is 10.6 Å². The van der Waals surface area contributed by atoms with Crippen molar-refractivity contribution in [2.45, 2.75) is 12.8 Å². The van der Waals surface area contributed by atoms with Crippen LogP contribution in [-0.4, -0.2) is 21.8 Å². The van der Waals surface area contributed by atoms with Gasteiger partial charge in [-0.05, 0) is 42.5 Å². The minimum absolute atomic E-state index is 0.0264. The first-order valence-electron chi connectivity index (χ1n) is 10.0. The molecular formula is C24H18F2N4O3. The number of amides is 2. The van der Waals surface area contributed by atoms with Crippen LogP contribution in [0.25, 0.3) is 11.3 Å². The highest BCUT2D eigenvalue weighted by Crippen LogP contribution is 2.25. The Hall–Kier alpha value is -4.40. The van der Waals surface area contributed by atoms with Crippen LogP contribution in [0.1, 0.15) is 22.8 Å². The number of hydrogen-bond donors (Lipinski definition) is 2. The fourth-order valence-corrected chi connectivity index (χ4v) is 3.06. The van der Waals surface area contributed by atoms with Gasteiger partial charge in [0.25, 0.3) is 5.91 Å². The van der Waals surface area contributed by atoms with E-state index < -0.39 is 23.4 Å². The highest BCUT2D eigenvalue weighted by Gasteiger charge is 2.15. The summed E-state index contributed by atoms with van der Waals surface area (Å²) in [6, 6.07) is 14.6. The van der Waals surface area contributed by atoms with Crippen LogP contribution in [0, 0.1) is 11.6 Å². The molecule has 4 aromatic rings. The number of carbonyl (C=O) groups is 2. The normalized spacial score (nSPS) is 10.6. The van der Waals surface area contributed by atoms with Gasteiger partial charge < -0.3 is 15.1 Å². The number of nitrogens with one attached hydrogen (secondary N) is 2. The van der Waals surface area contributed by atoms with Crippen molar-refractivity contribution in [3.8, 4) is 11.3 Å². The summed E-state index contributed by atoms with van der Waals surface area (Å²) in [5.74, 6) is -1.45. The van der Waals surface area contributed by atoms with Crippen LogP contribution in [0.5, 0.6) is 0 Å². The second kappa shape index (κ2) is 9.82. The monoisotopic (exact) mass is 448 g/mol. The van der Waals surface area contributed by atoms with Gasteiger partial charge >= 0.3 is 0 Å². The summed E-state index contributed by atoms with van der Waals surface area (Å²) in [5.41, 5.74) is 0.768. The highest BCUT2D eigenvalue weighted by atomic mass is 19.1. The average molecular weight is 448 g/mol. The third-order valence-corrected chi connectivity index (χ3v) is 4.66. The lowest BCUT2D eigenvalue weighted by Crippen LogP contribution is -2.18. The molecule has 2 aromatic heterocycles. The van der Waals surface area contributed by atoms with Gasteiger partial charge in [0, 0.05) is 19.0 Å². The lowest BCUT2D eigenvalue weighted by Gasteiger charge is -2.12. The van der Waals surface area contributed by atoms with Gasteiger partial charge in [-0.1, -0.05) is 18.2 Å². The summed E-state index contributed by atoms with van der Waals surface area (Å²) >= 11 is 0. The zero-order chi connectivity index (χ0) is 23.2. The summed E-state index contributed by atoms with van der Waals surface area (Å²) in [6.07, 6.45) is 2.98. The molecule has 33 heavy (non-hydrogen) atoms. The first kappa shape index (κ1) is 21.8. The molecule has 2 heterocycles. The molecule has 0 atom stereocenters. The van der Waals surface area contributed by atoms with Crippen molar-refractivity contribution in [3.63, 3.8) is 0 Å². The van der Waals surface area contributed by atoms with Crippen molar-refractivity contribution in [2.75, 3.05) is 10.6 Å². The first-order chi connectivity index (χ1) is 16.0. The zero-order valence-electron chi connectivity index (χ0n) is 17.2. The zero-order valence-corrected chi connectivity index (χ0v) is 17.2. The van der Waals surface area contributed by atoms with Crippen LogP contribution >= 0.6 is 0 Å². The standard InChI is InChI=1S/C24H18F2N4O3/c25-15-8-9-18(30-24(32)19-7-3-4-12-27-19)20(13-15)29-22(31)10-11-23-28-14-21(33-23)16-5-1-2-6-17(16)26/h1-9,12-14H,10-11H2,(H,29,31)(H,30,32). The van der Waals surface area contributed by atoms with E-state index in [2.05, 4.69) is 20.6 Å². The molecular weight excluding hydrogens is 430 g/mol. The van der Waals surface area contributed by atoms with Gasteiger partial charge in [-0.3, -0.25) is 14.6 Å². The number of nitrogens with zero attached hydrogens (tertiary/aromatic N) is 2. The largest absolute Gasteiger partial charge is 0.441 e. The molecule has 9 heteroatoms. The van der Waals surface area contributed by atoms with Gasteiger partial charge in [0.15, 0.2) is 11.7 Å². The Balaban J connectivity index is 1.40. The minimum Gasteiger partial charge on any atom is -0.441 e. The van der Waals surface area contributed by atoms with Gasteiger partial charge in [-0.15, -0.1) is 0 Å². The number of oxazole rings is 1. The summed E-state index contributed by atoms with van der Waals surface area (Å²) < 4.78 is 33.2. The summed E-state index contributed by atoms with van der Waals surface area (Å²) in [7, 11) is 0. The average Bonchev–Trinajstić information content (AvgIpc) is 3.29. The fourth-order valence-electron chi connectivity index (χ4n) is 3.06. The lowest BCUT2D eigenvalue weighted by atomic mass is 10.2. The molecule has 0 aliphatic carbocycles. The number of hydrogen-bond acceptors (Lipinski definition) is 5. The van der Waals surface area contributed by atoms with E-state index in [1.165, 1.54) is 36.7 Å². The molecule has 7 nitrogen and oxygen atoms in total. The van der Waals surface area contributed by atoms with E-state index in [1.807, 2.05) is 0 Å². The van der Waals surface area contributed by atoms with E-state index in [-0.39, 0.29) is 47.1 Å². The maximum atomic E-state index is 13.9. The molecule has 2 N–H and O–H groups in total. The number of benzene rings is 2. The minimum atomic E-state index is -0.580. The van der Waals surface area contributed by atoms with E-state index in [9.17, 15) is 18.4 Å². The Bertz CT molecular complexity index is 1290. The van der Waals surface area contributed by atoms with Crippen molar-refractivity contribution >= 4 is 23.2 Å². The topological polar surface area (TPSA) is 97.1 Å². The predicted molar refractivity (Wildman–Crippen MR) is 117 cm³/mol. The van der Waals surface area contributed by atoms with Gasteiger partial charge in [-0.2, -0.15) is 0 Å². The fraction of sp³-hybridized carbons (Fsp3) is 0.0833. The number of aryl methyl sites for hydroxylation is 1. The number of aromatic nitrogens is 2. The molecule has 0 radical (unpaired) electrons. The molecule has 2 amide bonds. The SMILES string of the molecule is O=C(CCc1ncc(-c2ccccc2F)o1)Nc1cc(F)ccc1NC(=O)c1ccccn1. The number of halogens is 2. The van der Waals surface area contributed by atoms with Crippen molar-refractivity contribution in [1.29, 1.82) is 0 Å². The Morgan fingerprint density at radius 3 is 2.52 bits per heavy atom. The van der Waals surface area contributed by atoms with Crippen LogP contribution in [0.2, 0.25) is 0 Å². The maximum absolute atomic E-state index is 13.9. The van der Waals surface area contributed by atoms with Crippen molar-refractivity contribution in [1.82, 2.24) is 9.97 Å². The summed E-state index contributed by atoms with van der Waals surface area (Å²) in [6.45, 7) is 0. The highest BCUT2D eigenvalue weighted by molar-refractivity contribution is 6.06. The Kier molecular flexibility index (Phi) is 6.49. The molecule has 2 aromatic carbocycles. The van der Waals surface area contributed by atoms with E-state index in [1.54, 1.807) is 30.3 Å². The third kappa shape index (κ3) is 5.45. The Morgan fingerprint density at radius 1 is 0.909 bits per heavy atom. The number of anilines is 2. The maximum Gasteiger partial charge on any atom is 0.274 e. The van der Waals surface area contributed by atoms with Gasteiger partial charge in [0.1, 0.15) is 17.3 Å². The summed E-state index contributed by atoms with van der Waals surface area (Å²) in [5, 5.41) is 5.19. The van der Waals surface area contributed by atoms with Crippen molar-refractivity contribution in [2.24, 2.45) is 0 Å². The van der Waals surface area contributed by atoms with Crippen LogP contribution in [0.3, 0.4) is 0 Å². The molecule has 0 unspecified atom stereocenters. The van der Waals surface area contributed by atoms with E-state index in [0.29, 0.717) is 0 Å². The Labute approximate surface area is 187 Å². The smallest absolute Gasteiger partial charge is 0.274 e. The molecule has 0 aliphatic heterocycles.